The van der Waals surface area contributed by atoms with Crippen LogP contribution in [0.2, 0.25) is 0 Å². The molecule has 0 spiro atoms. The monoisotopic (exact) mass is 293 g/mol. The van der Waals surface area contributed by atoms with Gasteiger partial charge in [-0.25, -0.2) is 0 Å². The van der Waals surface area contributed by atoms with Crippen LogP contribution in [0.25, 0.3) is 0 Å². The van der Waals surface area contributed by atoms with E-state index in [9.17, 15) is 15.0 Å². The first-order chi connectivity index (χ1) is 10.0. The normalized spacial score (nSPS) is 21.0. The van der Waals surface area contributed by atoms with E-state index in [4.69, 9.17) is 4.74 Å². The molecule has 0 aliphatic carbocycles. The van der Waals surface area contributed by atoms with Crippen LogP contribution in [-0.2, 0) is 0 Å². The topological polar surface area (TPSA) is 70.0 Å². The Bertz CT molecular complexity index is 477. The Morgan fingerprint density at radius 1 is 1.52 bits per heavy atom. The lowest BCUT2D eigenvalue weighted by Crippen LogP contribution is -2.43. The number of ketones is 1. The second-order valence-corrected chi connectivity index (χ2v) is 5.60. The SMILES string of the molecule is CC(=O)c1cccc(OCC(O)CN2CCCC(O)C2)c1. The molecule has 0 bridgehead atoms. The van der Waals surface area contributed by atoms with Gasteiger partial charge in [0.25, 0.3) is 0 Å². The molecule has 0 radical (unpaired) electrons. The number of carbonyl (C=O) groups excluding carboxylic acids is 1. The van der Waals surface area contributed by atoms with E-state index in [1.807, 2.05) is 4.90 Å². The summed E-state index contributed by atoms with van der Waals surface area (Å²) in [5.41, 5.74) is 0.598. The van der Waals surface area contributed by atoms with Crippen molar-refractivity contribution in [2.45, 2.75) is 32.0 Å². The first kappa shape index (κ1) is 15.9. The fraction of sp³-hybridized carbons (Fsp3) is 0.562. The molecule has 2 unspecified atom stereocenters. The molecule has 2 rings (SSSR count). The molecule has 1 heterocycles. The van der Waals surface area contributed by atoms with Crippen molar-refractivity contribution >= 4 is 5.78 Å². The van der Waals surface area contributed by atoms with Gasteiger partial charge in [0.1, 0.15) is 18.5 Å². The van der Waals surface area contributed by atoms with Gasteiger partial charge in [0, 0.05) is 18.7 Å². The van der Waals surface area contributed by atoms with Crippen LogP contribution in [0.3, 0.4) is 0 Å². The number of benzene rings is 1. The van der Waals surface area contributed by atoms with Crippen LogP contribution in [0.5, 0.6) is 5.75 Å². The van der Waals surface area contributed by atoms with Gasteiger partial charge in [0.15, 0.2) is 5.78 Å². The van der Waals surface area contributed by atoms with E-state index in [2.05, 4.69) is 0 Å². The summed E-state index contributed by atoms with van der Waals surface area (Å²) in [6.45, 7) is 3.68. The molecule has 5 heteroatoms. The maximum atomic E-state index is 11.3. The van der Waals surface area contributed by atoms with E-state index in [0.29, 0.717) is 24.4 Å². The Labute approximate surface area is 125 Å². The molecule has 1 aliphatic heterocycles. The second kappa shape index (κ2) is 7.54. The van der Waals surface area contributed by atoms with Crippen molar-refractivity contribution in [3.63, 3.8) is 0 Å². The largest absolute Gasteiger partial charge is 0.491 e. The fourth-order valence-corrected chi connectivity index (χ4v) is 2.54. The van der Waals surface area contributed by atoms with Gasteiger partial charge in [-0.3, -0.25) is 9.69 Å². The summed E-state index contributed by atoms with van der Waals surface area (Å²) in [5.74, 6) is 0.573. The predicted molar refractivity (Wildman–Crippen MR) is 79.6 cm³/mol. The van der Waals surface area contributed by atoms with Gasteiger partial charge in [-0.2, -0.15) is 0 Å². The van der Waals surface area contributed by atoms with Crippen molar-refractivity contribution < 1.29 is 19.7 Å². The van der Waals surface area contributed by atoms with Gasteiger partial charge in [-0.05, 0) is 38.4 Å². The van der Waals surface area contributed by atoms with Crippen molar-refractivity contribution in [3.8, 4) is 5.75 Å². The number of nitrogens with zero attached hydrogens (tertiary/aromatic N) is 1. The molecule has 0 saturated carbocycles. The lowest BCUT2D eigenvalue weighted by molar-refractivity contribution is 0.0243. The fourth-order valence-electron chi connectivity index (χ4n) is 2.54. The molecule has 21 heavy (non-hydrogen) atoms. The van der Waals surface area contributed by atoms with Crippen LogP contribution in [0.4, 0.5) is 0 Å². The maximum Gasteiger partial charge on any atom is 0.159 e. The number of piperidine rings is 1. The van der Waals surface area contributed by atoms with E-state index in [0.717, 1.165) is 19.4 Å². The van der Waals surface area contributed by atoms with Crippen molar-refractivity contribution in [1.82, 2.24) is 4.90 Å². The number of β-amino-alcohol motifs (C(OH)–C–C–N with tert-alkyl or cyclic N) is 2. The number of aliphatic hydroxyl groups is 2. The van der Waals surface area contributed by atoms with E-state index in [-0.39, 0.29) is 18.5 Å². The number of rotatable bonds is 6. The van der Waals surface area contributed by atoms with Crippen LogP contribution < -0.4 is 4.74 Å². The zero-order chi connectivity index (χ0) is 15.2. The van der Waals surface area contributed by atoms with Gasteiger partial charge in [-0.1, -0.05) is 12.1 Å². The molecule has 0 amide bonds. The average Bonchev–Trinajstić information content (AvgIpc) is 2.45. The van der Waals surface area contributed by atoms with Crippen molar-refractivity contribution in [3.05, 3.63) is 29.8 Å². The van der Waals surface area contributed by atoms with Gasteiger partial charge < -0.3 is 14.9 Å². The Kier molecular flexibility index (Phi) is 5.73. The number of Topliss-reactive ketones (excluding diaryl/α,β-unsaturated/α-hetero) is 1. The maximum absolute atomic E-state index is 11.3. The van der Waals surface area contributed by atoms with Crippen molar-refractivity contribution in [2.75, 3.05) is 26.2 Å². The number of aliphatic hydroxyl groups excluding tert-OH is 2. The highest BCUT2D eigenvalue weighted by atomic mass is 16.5. The predicted octanol–water partition coefficient (Wildman–Crippen LogP) is 1.09. The van der Waals surface area contributed by atoms with Crippen LogP contribution in [-0.4, -0.2) is 59.3 Å². The van der Waals surface area contributed by atoms with Crippen LogP contribution in [0.15, 0.2) is 24.3 Å². The molecule has 1 aliphatic rings. The summed E-state index contributed by atoms with van der Waals surface area (Å²) < 4.78 is 5.54. The molecule has 1 saturated heterocycles. The molecule has 1 fully saturated rings. The zero-order valence-electron chi connectivity index (χ0n) is 12.4. The Morgan fingerprint density at radius 3 is 3.05 bits per heavy atom. The summed E-state index contributed by atoms with van der Waals surface area (Å²) >= 11 is 0. The smallest absolute Gasteiger partial charge is 0.159 e. The Balaban J connectivity index is 1.79. The highest BCUT2D eigenvalue weighted by Crippen LogP contribution is 2.15. The highest BCUT2D eigenvalue weighted by Gasteiger charge is 2.20. The summed E-state index contributed by atoms with van der Waals surface area (Å²) in [6.07, 6.45) is 0.881. The molecular formula is C16H23NO4. The first-order valence-electron chi connectivity index (χ1n) is 7.37. The second-order valence-electron chi connectivity index (χ2n) is 5.60. The highest BCUT2D eigenvalue weighted by molar-refractivity contribution is 5.94. The quantitative estimate of drug-likeness (QED) is 0.768. The molecule has 1 aromatic rings. The average molecular weight is 293 g/mol. The zero-order valence-corrected chi connectivity index (χ0v) is 12.4. The number of likely N-dealkylation sites (tertiary alicyclic amines) is 1. The van der Waals surface area contributed by atoms with Crippen LogP contribution >= 0.6 is 0 Å². The van der Waals surface area contributed by atoms with Gasteiger partial charge in [-0.15, -0.1) is 0 Å². The third-order valence-corrected chi connectivity index (χ3v) is 3.63. The minimum Gasteiger partial charge on any atom is -0.491 e. The Hall–Kier alpha value is -1.43. The van der Waals surface area contributed by atoms with E-state index < -0.39 is 6.10 Å². The van der Waals surface area contributed by atoms with E-state index in [1.165, 1.54) is 6.92 Å². The molecule has 5 nitrogen and oxygen atoms in total. The van der Waals surface area contributed by atoms with Crippen molar-refractivity contribution in [1.29, 1.82) is 0 Å². The number of carbonyl (C=O) groups is 1. The molecule has 0 aromatic heterocycles. The lowest BCUT2D eigenvalue weighted by Gasteiger charge is -2.31. The molecule has 1 aromatic carbocycles. The number of hydrogen-bond acceptors (Lipinski definition) is 5. The van der Waals surface area contributed by atoms with E-state index in [1.54, 1.807) is 24.3 Å². The van der Waals surface area contributed by atoms with Gasteiger partial charge >= 0.3 is 0 Å². The number of ether oxygens (including phenoxy) is 1. The lowest BCUT2D eigenvalue weighted by atomic mass is 10.1. The van der Waals surface area contributed by atoms with Crippen LogP contribution in [0.1, 0.15) is 30.1 Å². The molecule has 2 atom stereocenters. The summed E-state index contributed by atoms with van der Waals surface area (Å²) in [4.78, 5) is 13.3. The van der Waals surface area contributed by atoms with Gasteiger partial charge in [0.2, 0.25) is 0 Å². The minimum atomic E-state index is -0.615. The third-order valence-electron chi connectivity index (χ3n) is 3.63. The van der Waals surface area contributed by atoms with Crippen molar-refractivity contribution in [2.24, 2.45) is 0 Å². The van der Waals surface area contributed by atoms with E-state index >= 15 is 0 Å². The summed E-state index contributed by atoms with van der Waals surface area (Å²) in [6, 6.07) is 6.95. The standard InChI is InChI=1S/C16H23NO4/c1-12(18)13-4-2-6-16(8-13)21-11-15(20)10-17-7-3-5-14(19)9-17/h2,4,6,8,14-15,19-20H,3,5,7,9-11H2,1H3. The first-order valence-corrected chi connectivity index (χ1v) is 7.37. The van der Waals surface area contributed by atoms with Gasteiger partial charge in [0.05, 0.1) is 6.10 Å². The summed E-state index contributed by atoms with van der Waals surface area (Å²) in [7, 11) is 0. The minimum absolute atomic E-state index is 0.0108. The molecule has 116 valence electrons. The number of hydrogen-bond donors (Lipinski definition) is 2. The van der Waals surface area contributed by atoms with Crippen LogP contribution in [0, 0.1) is 0 Å². The molecule has 2 N–H and O–H groups in total. The molecular weight excluding hydrogens is 270 g/mol. The Morgan fingerprint density at radius 2 is 2.33 bits per heavy atom. The summed E-state index contributed by atoms with van der Waals surface area (Å²) in [5, 5.41) is 19.6. The third kappa shape index (κ3) is 5.12.